The molecule has 6 nitrogen and oxygen atoms in total. The number of nitro groups is 1. The van der Waals surface area contributed by atoms with Crippen LogP contribution in [0.2, 0.25) is 0 Å². The van der Waals surface area contributed by atoms with Crippen LogP contribution in [0.3, 0.4) is 0 Å². The van der Waals surface area contributed by atoms with Gasteiger partial charge in [0, 0.05) is 24.4 Å². The van der Waals surface area contributed by atoms with E-state index >= 15 is 0 Å². The summed E-state index contributed by atoms with van der Waals surface area (Å²) in [6, 6.07) is -0.450. The van der Waals surface area contributed by atoms with E-state index in [9.17, 15) is 14.9 Å². The first-order valence-electron chi connectivity index (χ1n) is 4.33. The fourth-order valence-electron chi connectivity index (χ4n) is 1.40. The third-order valence-corrected chi connectivity index (χ3v) is 2.49. The Balaban J connectivity index is 0.000000980. The van der Waals surface area contributed by atoms with Crippen LogP contribution in [0, 0.1) is 16.0 Å². The lowest BCUT2D eigenvalue weighted by atomic mass is 10.2. The van der Waals surface area contributed by atoms with E-state index in [1.54, 1.807) is 0 Å². The number of carbonyl (C=O) groups excluding carboxylic acids is 1. The molecule has 1 amide bonds. The van der Waals surface area contributed by atoms with E-state index in [-0.39, 0.29) is 35.2 Å². The fourth-order valence-corrected chi connectivity index (χ4v) is 1.40. The lowest BCUT2D eigenvalue weighted by Gasteiger charge is -2.27. The van der Waals surface area contributed by atoms with Crippen LogP contribution in [0.4, 0.5) is 0 Å². The standard InChI is InChI=1S/C7H11N3O3.ClH/c11-7(9-4-2-8-3-4)5-1-6(5)10(12)13;/h4-6,8H,1-3H2,(H,9,11);1H. The predicted molar refractivity (Wildman–Crippen MR) is 50.9 cm³/mol. The van der Waals surface area contributed by atoms with Gasteiger partial charge in [-0.15, -0.1) is 12.4 Å². The number of carbonyl (C=O) groups is 1. The van der Waals surface area contributed by atoms with Gasteiger partial charge in [-0.05, 0) is 0 Å². The Kier molecular flexibility index (Phi) is 3.28. The van der Waals surface area contributed by atoms with Crippen molar-refractivity contribution in [3.8, 4) is 0 Å². The minimum Gasteiger partial charge on any atom is -0.350 e. The van der Waals surface area contributed by atoms with Crippen molar-refractivity contribution in [1.82, 2.24) is 10.6 Å². The molecule has 0 spiro atoms. The van der Waals surface area contributed by atoms with Gasteiger partial charge in [-0.3, -0.25) is 14.9 Å². The predicted octanol–water partition coefficient (Wildman–Crippen LogP) is -0.839. The molecule has 1 saturated carbocycles. The van der Waals surface area contributed by atoms with Crippen molar-refractivity contribution in [2.75, 3.05) is 13.1 Å². The zero-order valence-electron chi connectivity index (χ0n) is 7.43. The molecule has 2 N–H and O–H groups in total. The highest BCUT2D eigenvalue weighted by Gasteiger charge is 2.53. The van der Waals surface area contributed by atoms with Crippen LogP contribution in [0.15, 0.2) is 0 Å². The topological polar surface area (TPSA) is 84.3 Å². The molecule has 0 bridgehead atoms. The Morgan fingerprint density at radius 2 is 2.14 bits per heavy atom. The van der Waals surface area contributed by atoms with E-state index < -0.39 is 6.04 Å². The molecule has 0 radical (unpaired) electrons. The SMILES string of the molecule is Cl.O=C(NC1CNC1)C1CC1[N+](=O)[O-]. The van der Waals surface area contributed by atoms with Crippen LogP contribution in [-0.2, 0) is 4.79 Å². The number of amides is 1. The van der Waals surface area contributed by atoms with Crippen molar-refractivity contribution in [2.24, 2.45) is 5.92 Å². The van der Waals surface area contributed by atoms with E-state index in [2.05, 4.69) is 10.6 Å². The van der Waals surface area contributed by atoms with Crippen molar-refractivity contribution in [3.63, 3.8) is 0 Å². The Morgan fingerprint density at radius 3 is 2.50 bits per heavy atom. The monoisotopic (exact) mass is 221 g/mol. The number of nitrogens with zero attached hydrogens (tertiary/aromatic N) is 1. The summed E-state index contributed by atoms with van der Waals surface area (Å²) < 4.78 is 0. The molecule has 80 valence electrons. The van der Waals surface area contributed by atoms with E-state index in [1.165, 1.54) is 0 Å². The zero-order chi connectivity index (χ0) is 9.42. The van der Waals surface area contributed by atoms with Crippen molar-refractivity contribution in [1.29, 1.82) is 0 Å². The number of hydrogen-bond donors (Lipinski definition) is 2. The number of rotatable bonds is 3. The highest BCUT2D eigenvalue weighted by Crippen LogP contribution is 2.33. The molecule has 7 heteroatoms. The van der Waals surface area contributed by atoms with Crippen LogP contribution < -0.4 is 10.6 Å². The molecule has 1 saturated heterocycles. The van der Waals surface area contributed by atoms with Crippen LogP contribution >= 0.6 is 12.4 Å². The van der Waals surface area contributed by atoms with Gasteiger partial charge in [0.15, 0.2) is 0 Å². The molecule has 2 aliphatic rings. The first-order chi connectivity index (χ1) is 6.18. The maximum atomic E-state index is 11.3. The summed E-state index contributed by atoms with van der Waals surface area (Å²) in [6.07, 6.45) is 0.402. The number of hydrogen-bond acceptors (Lipinski definition) is 4. The summed E-state index contributed by atoms with van der Waals surface area (Å²) >= 11 is 0. The second-order valence-corrected chi connectivity index (χ2v) is 3.56. The van der Waals surface area contributed by atoms with E-state index in [4.69, 9.17) is 0 Å². The van der Waals surface area contributed by atoms with Crippen LogP contribution in [0.25, 0.3) is 0 Å². The third kappa shape index (κ3) is 2.13. The Bertz CT molecular complexity index is 257. The first kappa shape index (κ1) is 11.2. The van der Waals surface area contributed by atoms with Crippen molar-refractivity contribution in [2.45, 2.75) is 18.5 Å². The highest BCUT2D eigenvalue weighted by molar-refractivity contribution is 5.85. The maximum Gasteiger partial charge on any atom is 0.230 e. The molecule has 0 aromatic carbocycles. The summed E-state index contributed by atoms with van der Waals surface area (Å²) in [5.41, 5.74) is 0. The van der Waals surface area contributed by atoms with Crippen LogP contribution in [0.1, 0.15) is 6.42 Å². The van der Waals surface area contributed by atoms with Gasteiger partial charge in [0.1, 0.15) is 5.92 Å². The Hall–Kier alpha value is -0.880. The number of nitrogens with one attached hydrogen (secondary N) is 2. The van der Waals surface area contributed by atoms with Crippen LogP contribution in [-0.4, -0.2) is 36.0 Å². The summed E-state index contributed by atoms with van der Waals surface area (Å²) in [5.74, 6) is -0.538. The lowest BCUT2D eigenvalue weighted by Crippen LogP contribution is -2.57. The molecule has 1 aliphatic carbocycles. The summed E-state index contributed by atoms with van der Waals surface area (Å²) in [5, 5.41) is 16.0. The smallest absolute Gasteiger partial charge is 0.230 e. The Labute approximate surface area is 87.0 Å². The minimum absolute atomic E-state index is 0. The summed E-state index contributed by atoms with van der Waals surface area (Å²) in [4.78, 5) is 21.2. The quantitative estimate of drug-likeness (QED) is 0.481. The van der Waals surface area contributed by atoms with E-state index in [0.717, 1.165) is 13.1 Å². The molecule has 2 fully saturated rings. The van der Waals surface area contributed by atoms with E-state index in [0.29, 0.717) is 6.42 Å². The third-order valence-electron chi connectivity index (χ3n) is 2.49. The molecule has 1 heterocycles. The Morgan fingerprint density at radius 1 is 1.50 bits per heavy atom. The van der Waals surface area contributed by atoms with Gasteiger partial charge >= 0.3 is 0 Å². The maximum absolute atomic E-state index is 11.3. The van der Waals surface area contributed by atoms with E-state index in [1.807, 2.05) is 0 Å². The average Bonchev–Trinajstić information content (AvgIpc) is 2.74. The highest BCUT2D eigenvalue weighted by atomic mass is 35.5. The second-order valence-electron chi connectivity index (χ2n) is 3.56. The zero-order valence-corrected chi connectivity index (χ0v) is 8.25. The van der Waals surface area contributed by atoms with Gasteiger partial charge in [0.05, 0.1) is 6.04 Å². The summed E-state index contributed by atoms with van der Waals surface area (Å²) in [7, 11) is 0. The van der Waals surface area contributed by atoms with Crippen molar-refractivity contribution < 1.29 is 9.72 Å². The molecule has 0 aromatic heterocycles. The lowest BCUT2D eigenvalue weighted by molar-refractivity contribution is -0.497. The van der Waals surface area contributed by atoms with Gasteiger partial charge in [-0.1, -0.05) is 0 Å². The molecule has 0 aromatic rings. The molecule has 2 atom stereocenters. The fraction of sp³-hybridized carbons (Fsp3) is 0.857. The number of halogens is 1. The van der Waals surface area contributed by atoms with Crippen LogP contribution in [0.5, 0.6) is 0 Å². The van der Waals surface area contributed by atoms with Crippen molar-refractivity contribution in [3.05, 3.63) is 10.1 Å². The van der Waals surface area contributed by atoms with Gasteiger partial charge in [-0.2, -0.15) is 0 Å². The molecule has 14 heavy (non-hydrogen) atoms. The van der Waals surface area contributed by atoms with Gasteiger partial charge in [0.25, 0.3) is 0 Å². The van der Waals surface area contributed by atoms with Gasteiger partial charge < -0.3 is 10.6 Å². The second kappa shape index (κ2) is 4.10. The molecule has 2 unspecified atom stereocenters. The average molecular weight is 222 g/mol. The summed E-state index contributed by atoms with van der Waals surface area (Å²) in [6.45, 7) is 1.56. The molecule has 1 aliphatic heterocycles. The minimum atomic E-state index is -0.631. The van der Waals surface area contributed by atoms with Gasteiger partial charge in [0.2, 0.25) is 11.9 Å². The van der Waals surface area contributed by atoms with Crippen molar-refractivity contribution >= 4 is 18.3 Å². The molecular weight excluding hydrogens is 210 g/mol. The largest absolute Gasteiger partial charge is 0.350 e. The normalized spacial score (nSPS) is 29.7. The molecular formula is C7H12ClN3O3. The van der Waals surface area contributed by atoms with Gasteiger partial charge in [-0.25, -0.2) is 0 Å². The molecule has 2 rings (SSSR count). The first-order valence-corrected chi connectivity index (χ1v) is 4.33.